The lowest BCUT2D eigenvalue weighted by atomic mass is 10.1. The summed E-state index contributed by atoms with van der Waals surface area (Å²) in [5, 5.41) is 6.04. The Labute approximate surface area is 136 Å². The van der Waals surface area contributed by atoms with Crippen molar-refractivity contribution >= 4 is 33.2 Å². The highest BCUT2D eigenvalue weighted by molar-refractivity contribution is 7.17. The van der Waals surface area contributed by atoms with Gasteiger partial charge in [-0.3, -0.25) is 9.59 Å². The number of primary amides is 1. The number of nitrogens with one attached hydrogen (secondary N) is 1. The zero-order valence-corrected chi connectivity index (χ0v) is 13.0. The Morgan fingerprint density at radius 3 is 2.65 bits per heavy atom. The van der Waals surface area contributed by atoms with Gasteiger partial charge in [-0.25, -0.2) is 9.97 Å². The minimum Gasteiger partial charge on any atom is -0.364 e. The van der Waals surface area contributed by atoms with Crippen LogP contribution in [-0.4, -0.2) is 28.3 Å². The number of carbonyl (C=O) groups excluding carboxylic acids is 2. The largest absolute Gasteiger partial charge is 0.364 e. The van der Waals surface area contributed by atoms with E-state index in [-0.39, 0.29) is 11.4 Å². The molecule has 2 heterocycles. The Hall–Kier alpha value is -2.80. The van der Waals surface area contributed by atoms with E-state index >= 15 is 0 Å². The predicted molar refractivity (Wildman–Crippen MR) is 88.4 cm³/mol. The fourth-order valence-electron chi connectivity index (χ4n) is 2.31. The highest BCUT2D eigenvalue weighted by Gasteiger charge is 2.17. The second kappa shape index (κ2) is 6.53. The normalized spacial score (nSPS) is 10.6. The summed E-state index contributed by atoms with van der Waals surface area (Å²) in [6.07, 6.45) is 3.38. The van der Waals surface area contributed by atoms with E-state index in [1.807, 2.05) is 12.1 Å². The van der Waals surface area contributed by atoms with Gasteiger partial charge in [0, 0.05) is 23.6 Å². The smallest absolute Gasteiger partial charge is 0.272 e. The van der Waals surface area contributed by atoms with Gasteiger partial charge in [-0.15, -0.1) is 11.3 Å². The predicted octanol–water partition coefficient (Wildman–Crippen LogP) is 1.76. The molecule has 2 amide bonds. The maximum Gasteiger partial charge on any atom is 0.272 e. The molecule has 0 saturated carbocycles. The molecule has 3 N–H and O–H groups in total. The summed E-state index contributed by atoms with van der Waals surface area (Å²) in [5.74, 6) is -1.22. The van der Waals surface area contributed by atoms with Crippen LogP contribution in [0.2, 0.25) is 0 Å². The van der Waals surface area contributed by atoms with Gasteiger partial charge in [-0.1, -0.05) is 18.2 Å². The lowest BCUT2D eigenvalue weighted by Crippen LogP contribution is -2.30. The first-order valence-electron chi connectivity index (χ1n) is 7.01. The Balaban J connectivity index is 1.67. The van der Waals surface area contributed by atoms with Crippen LogP contribution in [0.1, 0.15) is 26.5 Å². The average molecular weight is 326 g/mol. The zero-order chi connectivity index (χ0) is 16.2. The third-order valence-corrected chi connectivity index (χ3v) is 4.40. The first-order valence-corrected chi connectivity index (χ1v) is 7.89. The van der Waals surface area contributed by atoms with Gasteiger partial charge in [0.1, 0.15) is 0 Å². The number of amides is 2. The molecule has 0 saturated heterocycles. The van der Waals surface area contributed by atoms with Gasteiger partial charge in [-0.05, 0) is 28.8 Å². The fraction of sp³-hybridized carbons (Fsp3) is 0.125. The number of carbonyl (C=O) groups is 2. The summed E-state index contributed by atoms with van der Waals surface area (Å²) in [5.41, 5.74) is 6.22. The summed E-state index contributed by atoms with van der Waals surface area (Å²) in [6, 6.07) is 8.14. The second-order valence-electron chi connectivity index (χ2n) is 4.88. The van der Waals surface area contributed by atoms with E-state index in [9.17, 15) is 9.59 Å². The lowest BCUT2D eigenvalue weighted by molar-refractivity contribution is 0.0929. The molecule has 0 spiro atoms. The molecule has 116 valence electrons. The molecular weight excluding hydrogens is 312 g/mol. The van der Waals surface area contributed by atoms with Crippen molar-refractivity contribution in [3.63, 3.8) is 0 Å². The quantitative estimate of drug-likeness (QED) is 0.746. The highest BCUT2D eigenvalue weighted by Crippen LogP contribution is 2.25. The molecule has 6 nitrogen and oxygen atoms in total. The molecule has 1 aromatic carbocycles. The van der Waals surface area contributed by atoms with E-state index in [2.05, 4.69) is 32.8 Å². The van der Waals surface area contributed by atoms with Crippen LogP contribution in [0.3, 0.4) is 0 Å². The molecule has 23 heavy (non-hydrogen) atoms. The van der Waals surface area contributed by atoms with Crippen LogP contribution in [0.4, 0.5) is 0 Å². The lowest BCUT2D eigenvalue weighted by Gasteiger charge is -2.06. The summed E-state index contributed by atoms with van der Waals surface area (Å²) in [6.45, 7) is 0.439. The molecule has 0 aliphatic carbocycles. The number of rotatable bonds is 5. The Morgan fingerprint density at radius 1 is 1.13 bits per heavy atom. The number of hydrogen-bond acceptors (Lipinski definition) is 5. The van der Waals surface area contributed by atoms with Crippen molar-refractivity contribution in [2.45, 2.75) is 6.42 Å². The Morgan fingerprint density at radius 2 is 1.87 bits per heavy atom. The maximum atomic E-state index is 12.1. The van der Waals surface area contributed by atoms with Gasteiger partial charge in [0.25, 0.3) is 11.8 Å². The van der Waals surface area contributed by atoms with Gasteiger partial charge < -0.3 is 11.1 Å². The molecule has 2 aromatic heterocycles. The van der Waals surface area contributed by atoms with Crippen LogP contribution in [0, 0.1) is 0 Å². The molecule has 0 atom stereocenters. The molecule has 0 bridgehead atoms. The van der Waals surface area contributed by atoms with Crippen molar-refractivity contribution in [3.8, 4) is 0 Å². The number of fused-ring (bicyclic) bond motifs is 1. The van der Waals surface area contributed by atoms with Crippen LogP contribution in [0.25, 0.3) is 10.1 Å². The summed E-state index contributed by atoms with van der Waals surface area (Å²) < 4.78 is 1.22. The molecule has 0 unspecified atom stereocenters. The van der Waals surface area contributed by atoms with E-state index in [1.54, 1.807) is 11.3 Å². The monoisotopic (exact) mass is 326 g/mol. The van der Waals surface area contributed by atoms with Crippen LogP contribution >= 0.6 is 11.3 Å². The molecule has 0 fully saturated rings. The van der Waals surface area contributed by atoms with Crippen LogP contribution in [0.15, 0.2) is 42.0 Å². The minimum atomic E-state index is -0.771. The summed E-state index contributed by atoms with van der Waals surface area (Å²) in [7, 11) is 0. The van der Waals surface area contributed by atoms with E-state index < -0.39 is 11.8 Å². The SMILES string of the molecule is NC(=O)c1nccnc1C(=O)NCCc1csc2ccccc12. The van der Waals surface area contributed by atoms with E-state index in [1.165, 1.54) is 28.0 Å². The summed E-state index contributed by atoms with van der Waals surface area (Å²) in [4.78, 5) is 31.1. The molecular formula is C16H14N4O2S. The van der Waals surface area contributed by atoms with Crippen LogP contribution in [0.5, 0.6) is 0 Å². The molecule has 0 radical (unpaired) electrons. The Kier molecular flexibility index (Phi) is 4.29. The maximum absolute atomic E-state index is 12.1. The topological polar surface area (TPSA) is 98.0 Å². The van der Waals surface area contributed by atoms with Crippen molar-refractivity contribution in [1.29, 1.82) is 0 Å². The number of nitrogens with two attached hydrogens (primary N) is 1. The second-order valence-corrected chi connectivity index (χ2v) is 5.79. The van der Waals surface area contributed by atoms with E-state index in [0.29, 0.717) is 13.0 Å². The zero-order valence-electron chi connectivity index (χ0n) is 12.2. The molecule has 0 aliphatic rings. The fourth-order valence-corrected chi connectivity index (χ4v) is 3.30. The van der Waals surface area contributed by atoms with Gasteiger partial charge >= 0.3 is 0 Å². The van der Waals surface area contributed by atoms with Crippen LogP contribution < -0.4 is 11.1 Å². The van der Waals surface area contributed by atoms with Gasteiger partial charge in [0.15, 0.2) is 11.4 Å². The van der Waals surface area contributed by atoms with E-state index in [4.69, 9.17) is 5.73 Å². The van der Waals surface area contributed by atoms with Crippen molar-refractivity contribution in [1.82, 2.24) is 15.3 Å². The van der Waals surface area contributed by atoms with Crippen molar-refractivity contribution in [2.75, 3.05) is 6.54 Å². The minimum absolute atomic E-state index is 0.0461. The van der Waals surface area contributed by atoms with Gasteiger partial charge in [0.05, 0.1) is 0 Å². The first-order chi connectivity index (χ1) is 11.2. The number of benzene rings is 1. The van der Waals surface area contributed by atoms with Crippen LogP contribution in [-0.2, 0) is 6.42 Å². The number of aromatic nitrogens is 2. The number of hydrogen-bond donors (Lipinski definition) is 2. The van der Waals surface area contributed by atoms with E-state index in [0.717, 1.165) is 0 Å². The number of nitrogens with zero attached hydrogens (tertiary/aromatic N) is 2. The molecule has 7 heteroatoms. The average Bonchev–Trinajstić information content (AvgIpc) is 2.98. The van der Waals surface area contributed by atoms with Crippen molar-refractivity contribution in [2.24, 2.45) is 5.73 Å². The van der Waals surface area contributed by atoms with Crippen molar-refractivity contribution in [3.05, 3.63) is 59.0 Å². The van der Waals surface area contributed by atoms with Gasteiger partial charge in [-0.2, -0.15) is 0 Å². The third kappa shape index (κ3) is 3.19. The standard InChI is InChI=1S/C16H14N4O2S/c17-15(21)13-14(19-8-7-18-13)16(22)20-6-5-10-9-23-12-4-2-1-3-11(10)12/h1-4,7-9H,5-6H2,(H2,17,21)(H,20,22). The Bertz CT molecular complexity index is 875. The van der Waals surface area contributed by atoms with Crippen molar-refractivity contribution < 1.29 is 9.59 Å². The molecule has 3 aromatic rings. The third-order valence-electron chi connectivity index (χ3n) is 3.39. The van der Waals surface area contributed by atoms with Gasteiger partial charge in [0.2, 0.25) is 0 Å². The highest BCUT2D eigenvalue weighted by atomic mass is 32.1. The first kappa shape index (κ1) is 15.1. The molecule has 0 aliphatic heterocycles. The number of thiophene rings is 1. The summed E-state index contributed by atoms with van der Waals surface area (Å²) >= 11 is 1.68. The molecule has 3 rings (SSSR count).